The lowest BCUT2D eigenvalue weighted by Gasteiger charge is -2.22. The highest BCUT2D eigenvalue weighted by molar-refractivity contribution is 9.10. The van der Waals surface area contributed by atoms with Crippen LogP contribution in [0.25, 0.3) is 0 Å². The molecule has 0 spiro atoms. The molecule has 1 aromatic rings. The van der Waals surface area contributed by atoms with E-state index in [1.807, 2.05) is 6.07 Å². The maximum absolute atomic E-state index is 12.9. The van der Waals surface area contributed by atoms with Gasteiger partial charge in [-0.3, -0.25) is 0 Å². The number of hydrogen-bond acceptors (Lipinski definition) is 2. The van der Waals surface area contributed by atoms with Gasteiger partial charge in [-0.05, 0) is 46.5 Å². The molecule has 0 fully saturated rings. The Morgan fingerprint density at radius 3 is 2.19 bits per heavy atom. The average Bonchev–Trinajstić information content (AvgIpc) is 2.47. The van der Waals surface area contributed by atoms with Gasteiger partial charge in [-0.15, -0.1) is 11.6 Å². The normalized spacial score (nSPS) is 12.0. The van der Waals surface area contributed by atoms with Crippen LogP contribution in [0.4, 0.5) is 0 Å². The summed E-state index contributed by atoms with van der Waals surface area (Å²) in [5.74, 6) is 0.305. The fraction of sp³-hybridized carbons (Fsp3) is 0.600. The molecule has 0 N–H and O–H groups in total. The molecule has 6 heteroatoms. The minimum absolute atomic E-state index is 0.305. The third kappa shape index (κ3) is 5.23. The lowest BCUT2D eigenvalue weighted by atomic mass is 10.2. The maximum Gasteiger partial charge on any atom is 0.244 e. The van der Waals surface area contributed by atoms with E-state index in [1.165, 1.54) is 0 Å². The summed E-state index contributed by atoms with van der Waals surface area (Å²) in [6.07, 6.45) is 3.69. The highest BCUT2D eigenvalue weighted by atomic mass is 79.9. The molecule has 1 rings (SSSR count). The van der Waals surface area contributed by atoms with Gasteiger partial charge in [0, 0.05) is 23.4 Å². The Hall–Kier alpha value is -0.100. The SMILES string of the molecule is CCCCN(CCCC)S(=O)(=O)c1cc(CCl)ccc1Br. The first-order valence-electron chi connectivity index (χ1n) is 7.31. The highest BCUT2D eigenvalue weighted by Gasteiger charge is 2.26. The molecule has 21 heavy (non-hydrogen) atoms. The summed E-state index contributed by atoms with van der Waals surface area (Å²) in [4.78, 5) is 0.313. The molecule has 0 unspecified atom stereocenters. The van der Waals surface area contributed by atoms with Crippen LogP contribution in [0.15, 0.2) is 27.6 Å². The van der Waals surface area contributed by atoms with Gasteiger partial charge in [-0.1, -0.05) is 32.8 Å². The number of alkyl halides is 1. The molecule has 0 heterocycles. The Bertz CT molecular complexity index is 541. The van der Waals surface area contributed by atoms with Crippen molar-refractivity contribution in [1.29, 1.82) is 0 Å². The quantitative estimate of drug-likeness (QED) is 0.563. The zero-order chi connectivity index (χ0) is 15.9. The van der Waals surface area contributed by atoms with E-state index in [0.29, 0.717) is 28.3 Å². The average molecular weight is 397 g/mol. The molecular formula is C15H23BrClNO2S. The van der Waals surface area contributed by atoms with Crippen LogP contribution < -0.4 is 0 Å². The monoisotopic (exact) mass is 395 g/mol. The molecule has 1 aromatic carbocycles. The van der Waals surface area contributed by atoms with E-state index in [2.05, 4.69) is 29.8 Å². The summed E-state index contributed by atoms with van der Waals surface area (Å²) in [6, 6.07) is 5.25. The van der Waals surface area contributed by atoms with Crippen molar-refractivity contribution in [2.24, 2.45) is 0 Å². The topological polar surface area (TPSA) is 37.4 Å². The lowest BCUT2D eigenvalue weighted by molar-refractivity contribution is 0.395. The number of sulfonamides is 1. The molecule has 0 saturated carbocycles. The first-order chi connectivity index (χ1) is 9.97. The van der Waals surface area contributed by atoms with Crippen molar-refractivity contribution in [3.8, 4) is 0 Å². The molecule has 0 atom stereocenters. The minimum Gasteiger partial charge on any atom is -0.207 e. The Balaban J connectivity index is 3.14. The van der Waals surface area contributed by atoms with E-state index in [1.54, 1.807) is 16.4 Å². The van der Waals surface area contributed by atoms with Gasteiger partial charge in [-0.2, -0.15) is 4.31 Å². The van der Waals surface area contributed by atoms with E-state index in [9.17, 15) is 8.42 Å². The number of nitrogens with zero attached hydrogens (tertiary/aromatic N) is 1. The van der Waals surface area contributed by atoms with E-state index in [-0.39, 0.29) is 0 Å². The second-order valence-electron chi connectivity index (χ2n) is 5.01. The lowest BCUT2D eigenvalue weighted by Crippen LogP contribution is -2.33. The highest BCUT2D eigenvalue weighted by Crippen LogP contribution is 2.27. The van der Waals surface area contributed by atoms with Crippen molar-refractivity contribution >= 4 is 37.6 Å². The van der Waals surface area contributed by atoms with Gasteiger partial charge >= 0.3 is 0 Å². The molecule has 0 amide bonds. The summed E-state index contributed by atoms with van der Waals surface area (Å²) in [5, 5.41) is 0. The molecule has 0 saturated heterocycles. The largest absolute Gasteiger partial charge is 0.244 e. The molecule has 0 aliphatic rings. The Morgan fingerprint density at radius 2 is 1.71 bits per heavy atom. The molecule has 0 radical (unpaired) electrons. The third-order valence-corrected chi connectivity index (χ3v) is 6.49. The van der Waals surface area contributed by atoms with Gasteiger partial charge in [-0.25, -0.2) is 8.42 Å². The van der Waals surface area contributed by atoms with Gasteiger partial charge in [0.2, 0.25) is 10.0 Å². The van der Waals surface area contributed by atoms with E-state index in [4.69, 9.17) is 11.6 Å². The van der Waals surface area contributed by atoms with Crippen LogP contribution in [0.2, 0.25) is 0 Å². The third-order valence-electron chi connectivity index (χ3n) is 3.29. The van der Waals surface area contributed by atoms with Crippen molar-refractivity contribution in [2.75, 3.05) is 13.1 Å². The van der Waals surface area contributed by atoms with E-state index in [0.717, 1.165) is 31.2 Å². The summed E-state index contributed by atoms with van der Waals surface area (Å²) in [6.45, 7) is 5.26. The zero-order valence-electron chi connectivity index (χ0n) is 12.6. The Morgan fingerprint density at radius 1 is 1.14 bits per heavy atom. The molecule has 3 nitrogen and oxygen atoms in total. The second-order valence-corrected chi connectivity index (χ2v) is 8.04. The fourth-order valence-electron chi connectivity index (χ4n) is 1.99. The number of benzene rings is 1. The van der Waals surface area contributed by atoms with Gasteiger partial charge in [0.15, 0.2) is 0 Å². The second kappa shape index (κ2) is 9.13. The first-order valence-corrected chi connectivity index (χ1v) is 10.1. The van der Waals surface area contributed by atoms with Gasteiger partial charge in [0.05, 0.1) is 4.90 Å². The van der Waals surface area contributed by atoms with Gasteiger partial charge in [0.25, 0.3) is 0 Å². The zero-order valence-corrected chi connectivity index (χ0v) is 15.8. The van der Waals surface area contributed by atoms with Crippen molar-refractivity contribution in [3.05, 3.63) is 28.2 Å². The van der Waals surface area contributed by atoms with Crippen molar-refractivity contribution in [1.82, 2.24) is 4.31 Å². The van der Waals surface area contributed by atoms with Gasteiger partial charge in [0.1, 0.15) is 0 Å². The summed E-state index contributed by atoms with van der Waals surface area (Å²) < 4.78 is 28.0. The van der Waals surface area contributed by atoms with Crippen LogP contribution in [0.1, 0.15) is 45.1 Å². The first kappa shape index (κ1) is 18.9. The van der Waals surface area contributed by atoms with Crippen molar-refractivity contribution in [3.63, 3.8) is 0 Å². The predicted molar refractivity (Wildman–Crippen MR) is 92.3 cm³/mol. The van der Waals surface area contributed by atoms with Crippen LogP contribution in [-0.4, -0.2) is 25.8 Å². The van der Waals surface area contributed by atoms with Crippen LogP contribution in [0, 0.1) is 0 Å². The van der Waals surface area contributed by atoms with Crippen LogP contribution in [0.5, 0.6) is 0 Å². The molecule has 120 valence electrons. The standard InChI is InChI=1S/C15H23BrClNO2S/c1-3-5-9-18(10-6-4-2)21(19,20)15-11-13(12-17)7-8-14(15)16/h7-8,11H,3-6,9-10,12H2,1-2H3. The van der Waals surface area contributed by atoms with Crippen LogP contribution in [0.3, 0.4) is 0 Å². The predicted octanol–water partition coefficient (Wildman–Crippen LogP) is 4.78. The van der Waals surface area contributed by atoms with Crippen LogP contribution in [-0.2, 0) is 15.9 Å². The molecule has 0 aromatic heterocycles. The number of halogens is 2. The molecule has 0 aliphatic carbocycles. The molecule has 0 bridgehead atoms. The number of rotatable bonds is 9. The number of unbranched alkanes of at least 4 members (excludes halogenated alkanes) is 2. The molecular weight excluding hydrogens is 374 g/mol. The van der Waals surface area contributed by atoms with E-state index < -0.39 is 10.0 Å². The van der Waals surface area contributed by atoms with Gasteiger partial charge < -0.3 is 0 Å². The van der Waals surface area contributed by atoms with Crippen LogP contribution >= 0.6 is 27.5 Å². The van der Waals surface area contributed by atoms with Crippen molar-refractivity contribution < 1.29 is 8.42 Å². The summed E-state index contributed by atoms with van der Waals surface area (Å²) in [5.41, 5.74) is 0.810. The Kier molecular flexibility index (Phi) is 8.24. The van der Waals surface area contributed by atoms with Crippen molar-refractivity contribution in [2.45, 2.75) is 50.3 Å². The maximum atomic E-state index is 12.9. The minimum atomic E-state index is -3.48. The smallest absolute Gasteiger partial charge is 0.207 e. The molecule has 0 aliphatic heterocycles. The number of hydrogen-bond donors (Lipinski definition) is 0. The summed E-state index contributed by atoms with van der Waals surface area (Å²) >= 11 is 9.18. The Labute approximate surface area is 141 Å². The summed E-state index contributed by atoms with van der Waals surface area (Å²) in [7, 11) is -3.48. The van der Waals surface area contributed by atoms with E-state index >= 15 is 0 Å². The fourth-order valence-corrected chi connectivity index (χ4v) is 4.65.